The minimum absolute atomic E-state index is 0.0615. The standard InChI is InChI=1S/2C16H24O2/c1-3-16(9-10(2)15(17)18)13-5-11-4-12(7-13)8-14(16)6-11;1-3-4-16(10(2)15(17)18)13-6-11-5-12(8-13)9-14(16)7-11/h9,11-14H,3-8H2,1-2H3,(H,17,18);11-14H,2-9H2,1H3,(H,17,18). The molecule has 0 saturated heterocycles. The summed E-state index contributed by atoms with van der Waals surface area (Å²) >= 11 is 0. The van der Waals surface area contributed by atoms with E-state index in [1.54, 1.807) is 6.92 Å². The highest BCUT2D eigenvalue weighted by Gasteiger charge is 2.59. The summed E-state index contributed by atoms with van der Waals surface area (Å²) in [5.74, 6) is 4.91. The number of allylic oxidation sites excluding steroid dienone is 1. The SMILES string of the molecule is C=C(C(=O)O)C1(CCC)C2CC3CC(C2)CC1C3.CCC1(C=C(C)C(=O)O)C2CC3CC(C2)CC1C3. The average Bonchev–Trinajstić information content (AvgIpc) is 2.82. The molecule has 0 aliphatic heterocycles. The molecular weight excluding hydrogens is 448 g/mol. The summed E-state index contributed by atoms with van der Waals surface area (Å²) in [7, 11) is 0. The Morgan fingerprint density at radius 1 is 0.750 bits per heavy atom. The summed E-state index contributed by atoms with van der Waals surface area (Å²) in [5.41, 5.74) is 1.23. The van der Waals surface area contributed by atoms with E-state index in [0.29, 0.717) is 23.0 Å². The molecule has 0 amide bonds. The Kier molecular flexibility index (Phi) is 6.96. The first-order valence-electron chi connectivity index (χ1n) is 15.0. The highest BCUT2D eigenvalue weighted by molar-refractivity contribution is 5.87. The number of aliphatic carboxylic acids is 2. The molecule has 36 heavy (non-hydrogen) atoms. The molecule has 200 valence electrons. The number of rotatable bonds is 7. The third-order valence-electron chi connectivity index (χ3n) is 12.2. The lowest BCUT2D eigenvalue weighted by atomic mass is 9.43. The quantitative estimate of drug-likeness (QED) is 0.354. The molecule has 8 rings (SSSR count). The van der Waals surface area contributed by atoms with Crippen molar-refractivity contribution in [3.8, 4) is 0 Å². The zero-order valence-electron chi connectivity index (χ0n) is 22.8. The van der Waals surface area contributed by atoms with Crippen molar-refractivity contribution in [2.75, 3.05) is 0 Å². The normalized spacial score (nSPS) is 45.8. The number of carbonyl (C=O) groups is 2. The predicted octanol–water partition coefficient (Wildman–Crippen LogP) is 7.74. The zero-order chi connectivity index (χ0) is 25.8. The van der Waals surface area contributed by atoms with Gasteiger partial charge in [0, 0.05) is 16.6 Å². The molecule has 0 atom stereocenters. The van der Waals surface area contributed by atoms with Crippen molar-refractivity contribution in [2.45, 2.75) is 104 Å². The largest absolute Gasteiger partial charge is 0.478 e. The van der Waals surface area contributed by atoms with Gasteiger partial charge in [-0.2, -0.15) is 0 Å². The van der Waals surface area contributed by atoms with Crippen LogP contribution in [0.4, 0.5) is 0 Å². The van der Waals surface area contributed by atoms with Gasteiger partial charge in [-0.15, -0.1) is 0 Å². The lowest BCUT2D eigenvalue weighted by Crippen LogP contribution is -2.54. The van der Waals surface area contributed by atoms with Crippen molar-refractivity contribution in [2.24, 2.45) is 58.2 Å². The summed E-state index contributed by atoms with van der Waals surface area (Å²) < 4.78 is 0. The number of hydrogen-bond acceptors (Lipinski definition) is 2. The highest BCUT2D eigenvalue weighted by atomic mass is 16.4. The smallest absolute Gasteiger partial charge is 0.331 e. The van der Waals surface area contributed by atoms with Gasteiger partial charge < -0.3 is 10.2 Å². The summed E-state index contributed by atoms with van der Waals surface area (Å²) in [5, 5.41) is 18.6. The van der Waals surface area contributed by atoms with Crippen molar-refractivity contribution < 1.29 is 19.8 Å². The predicted molar refractivity (Wildman–Crippen MR) is 142 cm³/mol. The highest BCUT2D eigenvalue weighted by Crippen LogP contribution is 2.66. The molecule has 0 spiro atoms. The molecule has 0 aromatic rings. The van der Waals surface area contributed by atoms with Gasteiger partial charge in [-0.05, 0) is 137 Å². The average molecular weight is 497 g/mol. The van der Waals surface area contributed by atoms with Gasteiger partial charge in [-0.3, -0.25) is 0 Å². The van der Waals surface area contributed by atoms with Crippen LogP contribution < -0.4 is 0 Å². The van der Waals surface area contributed by atoms with Crippen molar-refractivity contribution >= 4 is 11.9 Å². The van der Waals surface area contributed by atoms with Crippen LogP contribution in [0.3, 0.4) is 0 Å². The van der Waals surface area contributed by atoms with E-state index in [1.165, 1.54) is 64.2 Å². The van der Waals surface area contributed by atoms with Crippen molar-refractivity contribution in [3.05, 3.63) is 23.8 Å². The van der Waals surface area contributed by atoms with Crippen LogP contribution in [-0.2, 0) is 9.59 Å². The molecule has 4 nitrogen and oxygen atoms in total. The third kappa shape index (κ3) is 4.09. The van der Waals surface area contributed by atoms with E-state index < -0.39 is 11.9 Å². The van der Waals surface area contributed by atoms with Gasteiger partial charge in [0.25, 0.3) is 0 Å². The van der Waals surface area contributed by atoms with Gasteiger partial charge in [0.2, 0.25) is 0 Å². The van der Waals surface area contributed by atoms with Gasteiger partial charge in [0.05, 0.1) is 0 Å². The van der Waals surface area contributed by atoms with E-state index in [9.17, 15) is 19.8 Å². The van der Waals surface area contributed by atoms with Gasteiger partial charge in [-0.25, -0.2) is 9.59 Å². The maximum absolute atomic E-state index is 11.5. The van der Waals surface area contributed by atoms with E-state index in [-0.39, 0.29) is 10.8 Å². The fourth-order valence-electron chi connectivity index (χ4n) is 11.1. The first kappa shape index (κ1) is 26.0. The monoisotopic (exact) mass is 496 g/mol. The molecule has 0 aromatic carbocycles. The van der Waals surface area contributed by atoms with E-state index in [2.05, 4.69) is 26.5 Å². The van der Waals surface area contributed by atoms with Crippen LogP contribution >= 0.6 is 0 Å². The second kappa shape index (κ2) is 9.62. The lowest BCUT2D eigenvalue weighted by molar-refractivity contribution is -0.141. The minimum Gasteiger partial charge on any atom is -0.478 e. The molecule has 8 bridgehead atoms. The Balaban J connectivity index is 0.000000148. The maximum Gasteiger partial charge on any atom is 0.331 e. The van der Waals surface area contributed by atoms with Crippen LogP contribution in [0.1, 0.15) is 104 Å². The lowest BCUT2D eigenvalue weighted by Gasteiger charge is -2.61. The molecule has 8 saturated carbocycles. The first-order chi connectivity index (χ1) is 17.1. The molecule has 8 aliphatic carbocycles. The molecule has 2 N–H and O–H groups in total. The molecule has 0 unspecified atom stereocenters. The van der Waals surface area contributed by atoms with Crippen LogP contribution in [-0.4, -0.2) is 22.2 Å². The third-order valence-corrected chi connectivity index (χ3v) is 12.2. The number of hydrogen-bond donors (Lipinski definition) is 2. The Morgan fingerprint density at radius 3 is 1.50 bits per heavy atom. The van der Waals surface area contributed by atoms with E-state index in [1.807, 2.05) is 0 Å². The van der Waals surface area contributed by atoms with Gasteiger partial charge in [-0.1, -0.05) is 32.9 Å². The van der Waals surface area contributed by atoms with Crippen LogP contribution in [0, 0.1) is 58.2 Å². The topological polar surface area (TPSA) is 74.6 Å². The van der Waals surface area contributed by atoms with Crippen LogP contribution in [0.5, 0.6) is 0 Å². The Bertz CT molecular complexity index is 870. The van der Waals surface area contributed by atoms with Gasteiger partial charge in [0.15, 0.2) is 0 Å². The molecule has 0 aromatic heterocycles. The van der Waals surface area contributed by atoms with Crippen molar-refractivity contribution in [1.29, 1.82) is 0 Å². The van der Waals surface area contributed by atoms with Gasteiger partial charge in [0.1, 0.15) is 0 Å². The molecule has 0 radical (unpaired) electrons. The summed E-state index contributed by atoms with van der Waals surface area (Å²) in [6.07, 6.45) is 18.7. The van der Waals surface area contributed by atoms with Crippen LogP contribution in [0.25, 0.3) is 0 Å². The fraction of sp³-hybridized carbons (Fsp3) is 0.812. The first-order valence-corrected chi connectivity index (χ1v) is 15.0. The molecular formula is C32H48O4. The summed E-state index contributed by atoms with van der Waals surface area (Å²) in [6.45, 7) is 10.2. The zero-order valence-corrected chi connectivity index (χ0v) is 22.8. The van der Waals surface area contributed by atoms with E-state index in [4.69, 9.17) is 0 Å². The van der Waals surface area contributed by atoms with Crippen LogP contribution in [0.2, 0.25) is 0 Å². The molecule has 0 heterocycles. The second-order valence-electron chi connectivity index (χ2n) is 13.8. The van der Waals surface area contributed by atoms with Crippen molar-refractivity contribution in [3.63, 3.8) is 0 Å². The van der Waals surface area contributed by atoms with E-state index in [0.717, 1.165) is 54.8 Å². The second-order valence-corrected chi connectivity index (χ2v) is 13.8. The van der Waals surface area contributed by atoms with Gasteiger partial charge >= 0.3 is 11.9 Å². The number of carboxylic acids is 2. The van der Waals surface area contributed by atoms with E-state index >= 15 is 0 Å². The maximum atomic E-state index is 11.5. The van der Waals surface area contributed by atoms with Crippen molar-refractivity contribution in [1.82, 2.24) is 0 Å². The summed E-state index contributed by atoms with van der Waals surface area (Å²) in [6, 6.07) is 0. The molecule has 4 heteroatoms. The Hall–Kier alpha value is -1.58. The molecule has 8 fully saturated rings. The summed E-state index contributed by atoms with van der Waals surface area (Å²) in [4.78, 5) is 22.7. The van der Waals surface area contributed by atoms with Crippen LogP contribution in [0.15, 0.2) is 23.8 Å². The Morgan fingerprint density at radius 2 is 1.17 bits per heavy atom. The Labute approximate surface area is 218 Å². The fourth-order valence-corrected chi connectivity index (χ4v) is 11.1. The molecule has 8 aliphatic rings. The number of carboxylic acid groups (broad SMARTS) is 2. The minimum atomic E-state index is -0.754.